The van der Waals surface area contributed by atoms with Crippen LogP contribution < -0.4 is 0 Å². The van der Waals surface area contributed by atoms with Crippen LogP contribution in [0.4, 0.5) is 0 Å². The Hall–Kier alpha value is 0.250. The van der Waals surface area contributed by atoms with Gasteiger partial charge in [0.15, 0.2) is 0 Å². The fraction of sp³-hybridized carbons (Fsp3) is 1.00. The summed E-state index contributed by atoms with van der Waals surface area (Å²) in [5.41, 5.74) is 0. The van der Waals surface area contributed by atoms with Crippen LogP contribution in [0.3, 0.4) is 0 Å². The van der Waals surface area contributed by atoms with Crippen LogP contribution in [0, 0.1) is 5.92 Å². The van der Waals surface area contributed by atoms with Gasteiger partial charge in [0.25, 0.3) is 0 Å². The zero-order valence-corrected chi connectivity index (χ0v) is 18.1. The van der Waals surface area contributed by atoms with Gasteiger partial charge in [0, 0.05) is 13.0 Å². The second kappa shape index (κ2) is 33.0. The van der Waals surface area contributed by atoms with E-state index in [1.54, 1.807) is 0 Å². The molecule has 0 bridgehead atoms. The molecule has 0 saturated heterocycles. The van der Waals surface area contributed by atoms with Gasteiger partial charge in [-0.1, -0.05) is 81.1 Å². The Morgan fingerprint density at radius 1 is 0.727 bits per heavy atom. The van der Waals surface area contributed by atoms with E-state index in [9.17, 15) is 0 Å². The van der Waals surface area contributed by atoms with E-state index in [4.69, 9.17) is 16.3 Å². The lowest BCUT2D eigenvalue weighted by Crippen LogP contribution is -2.22. The molecular weight excluding hydrogens is 292 g/mol. The van der Waals surface area contributed by atoms with Crippen LogP contribution in [-0.4, -0.2) is 19.1 Å². The van der Waals surface area contributed by atoms with E-state index in [0.717, 1.165) is 18.2 Å². The Kier molecular flexibility index (Phi) is 45.2. The van der Waals surface area contributed by atoms with Crippen molar-refractivity contribution in [2.75, 3.05) is 13.0 Å². The van der Waals surface area contributed by atoms with Gasteiger partial charge in [0.05, 0.1) is 6.10 Å². The molecule has 0 fully saturated rings. The standard InChI is InChI=1S/C12H26O.C3H7Cl.C3H8.C2H6/c1-5-8-11(9-6-2)12(13-4)10-7-3;1-2-3-4;1-3-2;1-2/h11-12H,5-10H2,1-4H3;2-3H2,1H3;3H2,1-2H3;1-2H3. The minimum Gasteiger partial charge on any atom is -0.381 e. The molecule has 1 unspecified atom stereocenters. The summed E-state index contributed by atoms with van der Waals surface area (Å²) < 4.78 is 5.56. The van der Waals surface area contributed by atoms with E-state index in [2.05, 4.69) is 34.6 Å². The predicted molar refractivity (Wildman–Crippen MR) is 107 cm³/mol. The molecule has 0 aliphatic heterocycles. The number of halogens is 1. The number of rotatable bonds is 9. The minimum atomic E-state index is 0.505. The lowest BCUT2D eigenvalue weighted by molar-refractivity contribution is 0.0372. The number of hydrogen-bond acceptors (Lipinski definition) is 1. The SMILES string of the molecule is CC.CCC.CCCC(CCC)C(CCC)OC.CCCCl. The molecule has 0 aromatic rings. The zero-order valence-electron chi connectivity index (χ0n) is 17.3. The smallest absolute Gasteiger partial charge is 0.0599 e. The molecule has 0 radical (unpaired) electrons. The molecule has 2 heteroatoms. The summed E-state index contributed by atoms with van der Waals surface area (Å²) in [5.74, 6) is 1.58. The van der Waals surface area contributed by atoms with E-state index in [-0.39, 0.29) is 0 Å². The van der Waals surface area contributed by atoms with Gasteiger partial charge in [0.2, 0.25) is 0 Å². The summed E-state index contributed by atoms with van der Waals surface area (Å²) in [4.78, 5) is 0. The molecule has 0 rings (SSSR count). The van der Waals surface area contributed by atoms with E-state index in [0.29, 0.717) is 6.10 Å². The van der Waals surface area contributed by atoms with Crippen LogP contribution in [0.5, 0.6) is 0 Å². The van der Waals surface area contributed by atoms with Crippen molar-refractivity contribution in [2.24, 2.45) is 5.92 Å². The molecule has 0 aromatic carbocycles. The van der Waals surface area contributed by atoms with Crippen LogP contribution >= 0.6 is 11.6 Å². The Balaban J connectivity index is -0.000000149. The third kappa shape index (κ3) is 28.4. The molecule has 140 valence electrons. The lowest BCUT2D eigenvalue weighted by Gasteiger charge is -2.25. The van der Waals surface area contributed by atoms with Crippen LogP contribution in [-0.2, 0) is 4.74 Å². The van der Waals surface area contributed by atoms with E-state index in [1.807, 2.05) is 27.9 Å². The van der Waals surface area contributed by atoms with Gasteiger partial charge < -0.3 is 4.74 Å². The topological polar surface area (TPSA) is 9.23 Å². The van der Waals surface area contributed by atoms with Gasteiger partial charge in [-0.2, -0.15) is 0 Å². The minimum absolute atomic E-state index is 0.505. The zero-order chi connectivity index (χ0) is 18.2. The van der Waals surface area contributed by atoms with Crippen molar-refractivity contribution in [3.63, 3.8) is 0 Å². The normalized spacial score (nSPS) is 10.5. The molecule has 0 aromatic heterocycles. The highest BCUT2D eigenvalue weighted by Gasteiger charge is 2.18. The molecule has 0 N–H and O–H groups in total. The third-order valence-electron chi connectivity index (χ3n) is 2.91. The maximum atomic E-state index is 5.56. The van der Waals surface area contributed by atoms with Crippen molar-refractivity contribution in [1.29, 1.82) is 0 Å². The molecule has 0 heterocycles. The summed E-state index contributed by atoms with van der Waals surface area (Å²) in [6.07, 6.45) is 10.5. The van der Waals surface area contributed by atoms with Gasteiger partial charge in [-0.15, -0.1) is 11.6 Å². The van der Waals surface area contributed by atoms with Gasteiger partial charge in [-0.25, -0.2) is 0 Å². The van der Waals surface area contributed by atoms with E-state index < -0.39 is 0 Å². The van der Waals surface area contributed by atoms with Gasteiger partial charge in [-0.3, -0.25) is 0 Å². The Bertz CT molecular complexity index is 132. The van der Waals surface area contributed by atoms with Crippen molar-refractivity contribution in [3.8, 4) is 0 Å². The summed E-state index contributed by atoms with van der Waals surface area (Å²) in [6.45, 7) is 17.1. The Morgan fingerprint density at radius 3 is 1.23 bits per heavy atom. The maximum Gasteiger partial charge on any atom is 0.0599 e. The van der Waals surface area contributed by atoms with E-state index >= 15 is 0 Å². The molecule has 1 atom stereocenters. The average molecular weight is 339 g/mol. The van der Waals surface area contributed by atoms with Crippen molar-refractivity contribution >= 4 is 11.6 Å². The number of methoxy groups -OCH3 is 1. The van der Waals surface area contributed by atoms with Gasteiger partial charge in [-0.05, 0) is 31.6 Å². The van der Waals surface area contributed by atoms with Crippen LogP contribution in [0.2, 0.25) is 0 Å². The summed E-state index contributed by atoms with van der Waals surface area (Å²) >= 11 is 5.19. The largest absolute Gasteiger partial charge is 0.381 e. The summed E-state index contributed by atoms with van der Waals surface area (Å²) in [5, 5.41) is 0. The number of hydrogen-bond donors (Lipinski definition) is 0. The van der Waals surface area contributed by atoms with Crippen LogP contribution in [0.1, 0.15) is 107 Å². The first-order chi connectivity index (χ1) is 10.6. The first-order valence-corrected chi connectivity index (χ1v) is 10.2. The third-order valence-corrected chi connectivity index (χ3v) is 3.29. The highest BCUT2D eigenvalue weighted by molar-refractivity contribution is 6.17. The Labute approximate surface area is 148 Å². The second-order valence-corrected chi connectivity index (χ2v) is 5.67. The number of ether oxygens (including phenoxy) is 1. The van der Waals surface area contributed by atoms with Crippen molar-refractivity contribution < 1.29 is 4.74 Å². The maximum absolute atomic E-state index is 5.56. The molecule has 22 heavy (non-hydrogen) atoms. The molecule has 0 aliphatic carbocycles. The molecular formula is C20H47ClO. The lowest BCUT2D eigenvalue weighted by atomic mass is 9.90. The predicted octanol–water partition coefficient (Wildman–Crippen LogP) is 8.10. The highest BCUT2D eigenvalue weighted by atomic mass is 35.5. The fourth-order valence-corrected chi connectivity index (χ4v) is 2.09. The average Bonchev–Trinajstić information content (AvgIpc) is 2.55. The quantitative estimate of drug-likeness (QED) is 0.386. The van der Waals surface area contributed by atoms with Crippen molar-refractivity contribution in [2.45, 2.75) is 113 Å². The Morgan fingerprint density at radius 2 is 1.05 bits per heavy atom. The fourth-order valence-electron chi connectivity index (χ4n) is 2.09. The number of alkyl halides is 1. The molecule has 0 amide bonds. The summed E-state index contributed by atoms with van der Waals surface area (Å²) in [7, 11) is 1.86. The van der Waals surface area contributed by atoms with Gasteiger partial charge in [0.1, 0.15) is 0 Å². The molecule has 0 spiro atoms. The monoisotopic (exact) mass is 338 g/mol. The van der Waals surface area contributed by atoms with E-state index in [1.165, 1.54) is 44.9 Å². The second-order valence-electron chi connectivity index (χ2n) is 5.30. The van der Waals surface area contributed by atoms with Crippen LogP contribution in [0.25, 0.3) is 0 Å². The van der Waals surface area contributed by atoms with Crippen LogP contribution in [0.15, 0.2) is 0 Å². The highest BCUT2D eigenvalue weighted by Crippen LogP contribution is 2.23. The van der Waals surface area contributed by atoms with Crippen molar-refractivity contribution in [3.05, 3.63) is 0 Å². The summed E-state index contributed by atoms with van der Waals surface area (Å²) in [6, 6.07) is 0. The first-order valence-electron chi connectivity index (χ1n) is 9.71. The molecule has 0 aliphatic rings. The first kappa shape index (κ1) is 30.2. The van der Waals surface area contributed by atoms with Crippen molar-refractivity contribution in [1.82, 2.24) is 0 Å². The molecule has 0 saturated carbocycles. The molecule has 1 nitrogen and oxygen atoms in total. The van der Waals surface area contributed by atoms with Gasteiger partial charge >= 0.3 is 0 Å².